The van der Waals surface area contributed by atoms with Gasteiger partial charge < -0.3 is 98.0 Å². The van der Waals surface area contributed by atoms with Crippen molar-refractivity contribution in [2.24, 2.45) is 0 Å². The second-order valence-corrected chi connectivity index (χ2v) is 33.8. The zero-order valence-corrected chi connectivity index (χ0v) is 56.8. The molecule has 0 radical (unpaired) electrons. The number of hydrogen-bond donors (Lipinski definition) is 0. The molecular weight excluding hydrogens is 1330 g/mol. The van der Waals surface area contributed by atoms with Gasteiger partial charge in [-0.25, -0.2) is 97.1 Å². The Bertz CT molecular complexity index is 1620. The van der Waals surface area contributed by atoms with Gasteiger partial charge in [-0.2, -0.15) is 72.8 Å². The van der Waals surface area contributed by atoms with E-state index < -0.39 is 23.6 Å². The van der Waals surface area contributed by atoms with Crippen LogP contribution in [0.25, 0.3) is 0 Å². The first-order valence-electron chi connectivity index (χ1n) is 17.7. The monoisotopic (exact) mass is 1370 g/mol. The number of rotatable bonds is 8. The molecule has 22 heteroatoms. The molecule has 0 aliphatic rings. The van der Waals surface area contributed by atoms with E-state index in [0.29, 0.717) is 0 Å². The van der Waals surface area contributed by atoms with Crippen molar-refractivity contribution in [3.05, 3.63) is 218 Å². The summed E-state index contributed by atoms with van der Waals surface area (Å²) < 4.78 is 20.1. The fraction of sp³-hybridized carbons (Fsp3) is 0.0909. The third kappa shape index (κ3) is 38.1. The van der Waals surface area contributed by atoms with Gasteiger partial charge >= 0.3 is 0 Å². The molecule has 0 saturated carbocycles. The molecule has 0 aliphatic carbocycles. The van der Waals surface area contributed by atoms with Crippen LogP contribution >= 0.6 is 23.6 Å². The molecule has 4 nitrogen and oxygen atoms in total. The molecule has 0 unspecified atom stereocenters. The van der Waals surface area contributed by atoms with E-state index in [1.165, 1.54) is 0 Å². The van der Waals surface area contributed by atoms with Crippen LogP contribution in [0.4, 0.5) is 0 Å². The Balaban J connectivity index is -0.000000156. The van der Waals surface area contributed by atoms with Gasteiger partial charge in [0.05, 0.1) is 28.4 Å². The van der Waals surface area contributed by atoms with Crippen molar-refractivity contribution in [2.45, 2.75) is 0 Å². The van der Waals surface area contributed by atoms with E-state index in [9.17, 15) is 0 Å². The predicted octanol–water partition coefficient (Wildman–Crippen LogP) is 11.7. The average Bonchev–Trinajstić information content (AvgIpc) is 4.11. The molecule has 0 fully saturated rings. The number of hydrogen-bond acceptors (Lipinski definition) is 12. The normalized spacial score (nSPS) is 9.64. The topological polar surface area (TPSA) is 36.9 Å². The van der Waals surface area contributed by atoms with Gasteiger partial charge in [0.2, 0.25) is 0 Å². The largest absolute Gasteiger partial charge is 0.554 e. The maximum atomic E-state index is 5.07. The zero-order chi connectivity index (χ0) is 44.6. The first-order valence-corrected chi connectivity index (χ1v) is 32.6. The molecule has 0 bridgehead atoms. The van der Waals surface area contributed by atoms with E-state index in [0.717, 1.165) is 21.2 Å². The van der Waals surface area contributed by atoms with Crippen LogP contribution in [0.5, 0.6) is 0 Å². The quantitative estimate of drug-likeness (QED) is 0.0630. The van der Waals surface area contributed by atoms with E-state index >= 15 is 0 Å². The molecule has 364 valence electrons. The van der Waals surface area contributed by atoms with Crippen molar-refractivity contribution >= 4 is 143 Å². The van der Waals surface area contributed by atoms with E-state index in [4.69, 9.17) is 116 Å². The summed E-state index contributed by atoms with van der Waals surface area (Å²) in [5.41, 5.74) is 0. The SMILES string of the molecule is CO[P+]([S-])([S-])[c-]1cccc1.CO[P+]([S-])([S-])[c-]1cccc1.CO[P+]([S-])([S-])[c-]1cccc1.CO[P+]([S-])([S-])[c-]1cccc1.[Fe].[Fe].[Fe].[Fe].[Zn].[Zn].c1cc[cH-]c1.c1cc[cH-]c1.c1cc[cH-]c1.c1cc[cH-]c1. The van der Waals surface area contributed by atoms with Gasteiger partial charge in [0.25, 0.3) is 0 Å². The van der Waals surface area contributed by atoms with Crippen LogP contribution < -0.4 is 21.2 Å². The van der Waals surface area contributed by atoms with E-state index in [2.05, 4.69) is 0 Å². The first kappa shape index (κ1) is 79.9. The van der Waals surface area contributed by atoms with Crippen LogP contribution in [0.1, 0.15) is 0 Å². The fourth-order valence-electron chi connectivity index (χ4n) is 3.89. The average molecular weight is 1380 g/mol. The second kappa shape index (κ2) is 48.4. The molecule has 0 aliphatic heterocycles. The van der Waals surface area contributed by atoms with Gasteiger partial charge in [-0.05, 0) is 21.2 Å². The molecule has 0 heterocycles. The van der Waals surface area contributed by atoms with E-state index in [-0.39, 0.29) is 107 Å². The van der Waals surface area contributed by atoms with E-state index in [1.807, 2.05) is 218 Å². The van der Waals surface area contributed by atoms with Gasteiger partial charge in [0, 0.05) is 107 Å². The van der Waals surface area contributed by atoms with Crippen LogP contribution in [0.3, 0.4) is 0 Å². The maximum Gasteiger partial charge on any atom is 0.0740 e. The maximum absolute atomic E-state index is 5.07. The second-order valence-electron chi connectivity index (χ2n) is 11.1. The third-order valence-electron chi connectivity index (χ3n) is 7.03. The predicted molar refractivity (Wildman–Crippen MR) is 289 cm³/mol. The van der Waals surface area contributed by atoms with Crippen LogP contribution in [0, 0.1) is 0 Å². The Kier molecular flexibility index (Phi) is 58.6. The van der Waals surface area contributed by atoms with Crippen molar-refractivity contribution in [3.63, 3.8) is 0 Å². The summed E-state index contributed by atoms with van der Waals surface area (Å²) in [6, 6.07) is 70.7. The third-order valence-corrected chi connectivity index (χ3v) is 21.3. The summed E-state index contributed by atoms with van der Waals surface area (Å²) >= 11 is 40.5. The smallest absolute Gasteiger partial charge is 0.0740 e. The van der Waals surface area contributed by atoms with Gasteiger partial charge in [-0.15, -0.1) is 72.1 Å². The summed E-state index contributed by atoms with van der Waals surface area (Å²) in [7, 11) is 6.28. The minimum absolute atomic E-state index is 0. The Labute approximate surface area is 508 Å². The van der Waals surface area contributed by atoms with Gasteiger partial charge in [0.1, 0.15) is 0 Å². The van der Waals surface area contributed by atoms with Crippen LogP contribution in [0.15, 0.2) is 218 Å². The van der Waals surface area contributed by atoms with Crippen molar-refractivity contribution in [3.8, 4) is 0 Å². The van der Waals surface area contributed by atoms with E-state index in [1.54, 1.807) is 28.4 Å². The molecule has 0 aromatic heterocycles. The molecule has 0 amide bonds. The summed E-state index contributed by atoms with van der Waals surface area (Å²) in [4.78, 5) is 0. The minimum atomic E-state index is -2.06. The molecule has 0 atom stereocenters. The minimum Gasteiger partial charge on any atom is -0.554 e. The molecule has 0 saturated heterocycles. The van der Waals surface area contributed by atoms with Crippen LogP contribution in [-0.2, 0) is 223 Å². The Morgan fingerprint density at radius 1 is 0.273 bits per heavy atom. The standard InChI is InChI=1S/4C6H8OPS2.4C5H5.4Fe.2Zn/c4*1-7-8(9,10)6-4-2-3-5-6;4*1-2-4-5-3-1;;;;;;/h4*2-5H,1H3,(H,9,10);4*1-5H;;;;;;/q8*-1;;;;;;/p-4. The summed E-state index contributed by atoms with van der Waals surface area (Å²) in [5, 5.41) is 3.89. The molecule has 0 spiro atoms. The molecule has 8 aromatic rings. The van der Waals surface area contributed by atoms with Crippen molar-refractivity contribution in [1.29, 1.82) is 0 Å². The van der Waals surface area contributed by atoms with Crippen LogP contribution in [0.2, 0.25) is 0 Å². The van der Waals surface area contributed by atoms with Crippen LogP contribution in [-0.4, -0.2) is 28.4 Å². The fourth-order valence-corrected chi connectivity index (χ4v) is 9.80. The Morgan fingerprint density at radius 3 is 0.470 bits per heavy atom. The summed E-state index contributed by atoms with van der Waals surface area (Å²) in [6.07, 6.45) is 0. The molecule has 66 heavy (non-hydrogen) atoms. The summed E-state index contributed by atoms with van der Waals surface area (Å²) in [6.45, 7) is 0. The van der Waals surface area contributed by atoms with Crippen molar-refractivity contribution < 1.29 is 125 Å². The van der Waals surface area contributed by atoms with Crippen molar-refractivity contribution in [1.82, 2.24) is 0 Å². The first-order chi connectivity index (χ1) is 28.7. The van der Waals surface area contributed by atoms with Gasteiger partial charge in [0.15, 0.2) is 0 Å². The molecule has 8 rings (SSSR count). The van der Waals surface area contributed by atoms with Gasteiger partial charge in [-0.3, -0.25) is 18.1 Å². The molecule has 0 N–H and O–H groups in total. The molecule has 8 aromatic carbocycles. The summed E-state index contributed by atoms with van der Waals surface area (Å²) in [5.74, 6) is -8.25. The Morgan fingerprint density at radius 2 is 0.394 bits per heavy atom. The zero-order valence-electron chi connectivity index (χ0n) is 36.3. The van der Waals surface area contributed by atoms with Crippen molar-refractivity contribution in [2.75, 3.05) is 28.4 Å². The Hall–Kier alpha value is 2.48. The molecular formula is C44H48Fe4O4P4S8Zn2-12. The van der Waals surface area contributed by atoms with Gasteiger partial charge in [-0.1, -0.05) is 0 Å².